The van der Waals surface area contributed by atoms with Gasteiger partial charge in [-0.25, -0.2) is 9.37 Å². The van der Waals surface area contributed by atoms with Gasteiger partial charge in [-0.15, -0.1) is 0 Å². The molecule has 0 spiro atoms. The molecule has 120 valence electrons. The van der Waals surface area contributed by atoms with Crippen molar-refractivity contribution in [1.82, 2.24) is 9.88 Å². The van der Waals surface area contributed by atoms with Crippen LogP contribution in [0.1, 0.15) is 41.7 Å². The van der Waals surface area contributed by atoms with Crippen molar-refractivity contribution >= 4 is 5.91 Å². The van der Waals surface area contributed by atoms with Gasteiger partial charge in [0.2, 0.25) is 5.88 Å². The van der Waals surface area contributed by atoms with E-state index in [-0.39, 0.29) is 23.8 Å². The minimum Gasteiger partial charge on any atom is -0.481 e. The highest BCUT2D eigenvalue weighted by Gasteiger charge is 2.37. The van der Waals surface area contributed by atoms with E-state index in [4.69, 9.17) is 4.74 Å². The molecule has 1 unspecified atom stereocenters. The molecule has 5 heteroatoms. The number of methoxy groups -OCH3 is 1. The summed E-state index contributed by atoms with van der Waals surface area (Å²) in [5.74, 6) is 0.0476. The fraction of sp³-hybridized carbons (Fsp3) is 0.333. The number of amides is 1. The fourth-order valence-electron chi connectivity index (χ4n) is 2.75. The van der Waals surface area contributed by atoms with Gasteiger partial charge in [-0.05, 0) is 31.9 Å². The van der Waals surface area contributed by atoms with Crippen LogP contribution in [0.5, 0.6) is 5.88 Å². The minimum atomic E-state index is -0.321. The van der Waals surface area contributed by atoms with E-state index in [9.17, 15) is 9.18 Å². The Morgan fingerprint density at radius 3 is 2.61 bits per heavy atom. The van der Waals surface area contributed by atoms with Crippen LogP contribution in [0.2, 0.25) is 0 Å². The zero-order valence-corrected chi connectivity index (χ0v) is 13.2. The molecule has 1 aromatic carbocycles. The number of aromatic nitrogens is 1. The first-order chi connectivity index (χ1) is 11.1. The fourth-order valence-corrected chi connectivity index (χ4v) is 2.75. The van der Waals surface area contributed by atoms with Crippen LogP contribution in [0.15, 0.2) is 42.6 Å². The van der Waals surface area contributed by atoms with Gasteiger partial charge in [0.05, 0.1) is 18.7 Å². The minimum absolute atomic E-state index is 0.126. The van der Waals surface area contributed by atoms with Crippen molar-refractivity contribution in [2.75, 3.05) is 7.11 Å². The average molecular weight is 314 g/mol. The molecular weight excluding hydrogens is 295 g/mol. The molecular formula is C18H19FN2O2. The summed E-state index contributed by atoms with van der Waals surface area (Å²) in [5.41, 5.74) is 1.02. The smallest absolute Gasteiger partial charge is 0.256 e. The molecule has 4 nitrogen and oxygen atoms in total. The number of benzene rings is 1. The Morgan fingerprint density at radius 1 is 1.30 bits per heavy atom. The Bertz CT molecular complexity index is 698. The van der Waals surface area contributed by atoms with Crippen molar-refractivity contribution < 1.29 is 13.9 Å². The number of halogens is 1. The van der Waals surface area contributed by atoms with Crippen molar-refractivity contribution in [3.05, 3.63) is 59.5 Å². The summed E-state index contributed by atoms with van der Waals surface area (Å²) in [6.45, 7) is 1.87. The Morgan fingerprint density at radius 2 is 2.04 bits per heavy atom. The van der Waals surface area contributed by atoms with Gasteiger partial charge in [0.1, 0.15) is 5.82 Å². The van der Waals surface area contributed by atoms with Crippen LogP contribution in [-0.2, 0) is 0 Å². The van der Waals surface area contributed by atoms with Gasteiger partial charge < -0.3 is 9.64 Å². The number of hydrogen-bond donors (Lipinski definition) is 0. The van der Waals surface area contributed by atoms with Crippen molar-refractivity contribution in [1.29, 1.82) is 0 Å². The highest BCUT2D eigenvalue weighted by molar-refractivity contribution is 5.94. The quantitative estimate of drug-likeness (QED) is 0.847. The summed E-state index contributed by atoms with van der Waals surface area (Å²) in [5, 5.41) is 0. The molecule has 1 aliphatic rings. The third-order valence-corrected chi connectivity index (χ3v) is 4.14. The lowest BCUT2D eigenvalue weighted by molar-refractivity contribution is 0.0670. The van der Waals surface area contributed by atoms with E-state index in [1.165, 1.54) is 19.4 Å². The van der Waals surface area contributed by atoms with Gasteiger partial charge in [0, 0.05) is 23.9 Å². The third-order valence-electron chi connectivity index (χ3n) is 4.14. The first-order valence-electron chi connectivity index (χ1n) is 7.69. The Kier molecular flexibility index (Phi) is 4.28. The van der Waals surface area contributed by atoms with Crippen molar-refractivity contribution in [2.24, 2.45) is 0 Å². The molecule has 1 amide bonds. The summed E-state index contributed by atoms with van der Waals surface area (Å²) in [7, 11) is 1.53. The van der Waals surface area contributed by atoms with E-state index in [2.05, 4.69) is 4.98 Å². The van der Waals surface area contributed by atoms with Gasteiger partial charge in [-0.1, -0.05) is 18.2 Å². The molecule has 23 heavy (non-hydrogen) atoms. The standard InChI is InChI=1S/C18H19FN2O2/c1-12(15-5-3-4-6-16(15)19)21(14-8-9-14)18(22)13-7-10-17(23-2)20-11-13/h3-7,10-12,14H,8-9H2,1-2H3. The van der Waals surface area contributed by atoms with E-state index in [1.807, 2.05) is 6.92 Å². The molecule has 1 fully saturated rings. The van der Waals surface area contributed by atoms with Crippen molar-refractivity contribution in [2.45, 2.75) is 31.8 Å². The number of carbonyl (C=O) groups is 1. The van der Waals surface area contributed by atoms with Gasteiger partial charge in [0.25, 0.3) is 5.91 Å². The largest absolute Gasteiger partial charge is 0.481 e. The predicted octanol–water partition coefficient (Wildman–Crippen LogP) is 3.60. The average Bonchev–Trinajstić information content (AvgIpc) is 3.40. The number of rotatable bonds is 5. The second kappa shape index (κ2) is 6.36. The maximum atomic E-state index is 14.1. The third kappa shape index (κ3) is 3.18. The van der Waals surface area contributed by atoms with Gasteiger partial charge >= 0.3 is 0 Å². The van der Waals surface area contributed by atoms with Gasteiger partial charge in [0.15, 0.2) is 0 Å². The maximum Gasteiger partial charge on any atom is 0.256 e. The summed E-state index contributed by atoms with van der Waals surface area (Å²) in [6.07, 6.45) is 3.41. The first-order valence-corrected chi connectivity index (χ1v) is 7.69. The van der Waals surface area contributed by atoms with Gasteiger partial charge in [-0.2, -0.15) is 0 Å². The van der Waals surface area contributed by atoms with Crippen LogP contribution in [0.4, 0.5) is 4.39 Å². The number of carbonyl (C=O) groups excluding carboxylic acids is 1. The molecule has 1 saturated carbocycles. The topological polar surface area (TPSA) is 42.4 Å². The van der Waals surface area contributed by atoms with Crippen LogP contribution in [0, 0.1) is 5.82 Å². The van der Waals surface area contributed by atoms with Crippen molar-refractivity contribution in [3.63, 3.8) is 0 Å². The molecule has 1 atom stereocenters. The molecule has 0 aliphatic heterocycles. The Balaban J connectivity index is 1.89. The number of ether oxygens (including phenoxy) is 1. The molecule has 1 heterocycles. The number of pyridine rings is 1. The van der Waals surface area contributed by atoms with Crippen LogP contribution in [0.25, 0.3) is 0 Å². The SMILES string of the molecule is COc1ccc(C(=O)N(C2CC2)C(C)c2ccccc2F)cn1. The second-order valence-electron chi connectivity index (χ2n) is 5.73. The zero-order chi connectivity index (χ0) is 16.4. The molecule has 1 aliphatic carbocycles. The molecule has 3 rings (SSSR count). The molecule has 1 aromatic heterocycles. The van der Waals surface area contributed by atoms with E-state index >= 15 is 0 Å². The van der Waals surface area contributed by atoms with E-state index in [0.717, 1.165) is 12.8 Å². The number of nitrogens with zero attached hydrogens (tertiary/aromatic N) is 2. The molecule has 2 aromatic rings. The summed E-state index contributed by atoms with van der Waals surface area (Å²) >= 11 is 0. The number of hydrogen-bond acceptors (Lipinski definition) is 3. The second-order valence-corrected chi connectivity index (χ2v) is 5.73. The predicted molar refractivity (Wildman–Crippen MR) is 84.8 cm³/mol. The van der Waals surface area contributed by atoms with Crippen LogP contribution < -0.4 is 4.74 Å². The van der Waals surface area contributed by atoms with Crippen LogP contribution >= 0.6 is 0 Å². The Hall–Kier alpha value is -2.43. The zero-order valence-electron chi connectivity index (χ0n) is 13.2. The van der Waals surface area contributed by atoms with Crippen LogP contribution in [0.3, 0.4) is 0 Å². The van der Waals surface area contributed by atoms with Gasteiger partial charge in [-0.3, -0.25) is 4.79 Å². The van der Waals surface area contributed by atoms with E-state index in [0.29, 0.717) is 17.0 Å². The lowest BCUT2D eigenvalue weighted by atomic mass is 10.0. The Labute approximate surface area is 134 Å². The highest BCUT2D eigenvalue weighted by Crippen LogP contribution is 2.36. The summed E-state index contributed by atoms with van der Waals surface area (Å²) in [4.78, 5) is 18.7. The molecule has 0 saturated heterocycles. The van der Waals surface area contributed by atoms with E-state index < -0.39 is 0 Å². The highest BCUT2D eigenvalue weighted by atomic mass is 19.1. The molecule has 0 N–H and O–H groups in total. The van der Waals surface area contributed by atoms with Crippen LogP contribution in [-0.4, -0.2) is 28.9 Å². The lowest BCUT2D eigenvalue weighted by Gasteiger charge is -2.30. The maximum absolute atomic E-state index is 14.1. The summed E-state index contributed by atoms with van der Waals surface area (Å²) < 4.78 is 19.1. The monoisotopic (exact) mass is 314 g/mol. The first kappa shape index (κ1) is 15.5. The van der Waals surface area contributed by atoms with E-state index in [1.54, 1.807) is 35.2 Å². The normalized spacial score (nSPS) is 15.1. The summed E-state index contributed by atoms with van der Waals surface area (Å²) in [6, 6.07) is 9.80. The molecule has 0 radical (unpaired) electrons. The van der Waals surface area contributed by atoms with Crippen molar-refractivity contribution in [3.8, 4) is 5.88 Å². The lowest BCUT2D eigenvalue weighted by Crippen LogP contribution is -2.36. The molecule has 0 bridgehead atoms.